The van der Waals surface area contributed by atoms with Crippen LogP contribution < -0.4 is 10.9 Å². The molecule has 2 heterocycles. The Morgan fingerprint density at radius 1 is 1.30 bits per heavy atom. The molecule has 0 amide bonds. The van der Waals surface area contributed by atoms with Gasteiger partial charge in [-0.15, -0.1) is 0 Å². The number of anilines is 1. The predicted molar refractivity (Wildman–Crippen MR) is 100 cm³/mol. The number of rotatable bonds is 4. The maximum absolute atomic E-state index is 12.1. The van der Waals surface area contributed by atoms with Crippen LogP contribution in [0.5, 0.6) is 0 Å². The summed E-state index contributed by atoms with van der Waals surface area (Å²) in [5.74, 6) is -0.188. The van der Waals surface area contributed by atoms with Crippen molar-refractivity contribution in [2.75, 3.05) is 11.9 Å². The first kappa shape index (κ1) is 19.5. The van der Waals surface area contributed by atoms with Crippen molar-refractivity contribution >= 4 is 22.4 Å². The highest BCUT2D eigenvalue weighted by Crippen LogP contribution is 2.27. The van der Waals surface area contributed by atoms with Crippen LogP contribution in [0.3, 0.4) is 0 Å². The van der Waals surface area contributed by atoms with Crippen molar-refractivity contribution in [3.05, 3.63) is 39.7 Å². The third-order valence-corrected chi connectivity index (χ3v) is 5.11. The Hall–Kier alpha value is -2.26. The van der Waals surface area contributed by atoms with Crippen LogP contribution in [-0.2, 0) is 4.74 Å². The first-order valence-electron chi connectivity index (χ1n) is 8.81. The number of benzene rings is 1. The minimum absolute atomic E-state index is 0.188. The Morgan fingerprint density at radius 2 is 2.00 bits per heavy atom. The van der Waals surface area contributed by atoms with Gasteiger partial charge in [0, 0.05) is 22.2 Å². The molecule has 0 spiro atoms. The number of ether oxygens (including phenoxy) is 1. The van der Waals surface area contributed by atoms with Gasteiger partial charge in [0.05, 0.1) is 24.3 Å². The molecule has 27 heavy (non-hydrogen) atoms. The zero-order valence-corrected chi connectivity index (χ0v) is 15.4. The molecule has 5 atom stereocenters. The standard InChI is InChI=1S/C19H24N2O6/c1-8-15(9(2)23)12-5-4-11(6-13(12)21-19(8)26)20-16-10(3)27-14(7-22)17(24)18(16)25/h4-6,10,14,16-18,20,22,24-25H,7H2,1-3H3,(H,21,26). The summed E-state index contributed by atoms with van der Waals surface area (Å²) < 4.78 is 5.55. The van der Waals surface area contributed by atoms with Gasteiger partial charge in [-0.1, -0.05) is 6.07 Å². The number of Topliss-reactive ketones (excluding diaryl/α,β-unsaturated/α-hetero) is 1. The molecular weight excluding hydrogens is 352 g/mol. The maximum Gasteiger partial charge on any atom is 0.252 e. The van der Waals surface area contributed by atoms with E-state index in [1.165, 1.54) is 6.92 Å². The first-order chi connectivity index (χ1) is 12.7. The fraction of sp³-hybridized carbons (Fsp3) is 0.474. The molecular formula is C19H24N2O6. The van der Waals surface area contributed by atoms with E-state index in [4.69, 9.17) is 4.74 Å². The second-order valence-electron chi connectivity index (χ2n) is 6.98. The number of aromatic amines is 1. The molecule has 0 aliphatic carbocycles. The van der Waals surface area contributed by atoms with Gasteiger partial charge in [0.2, 0.25) is 0 Å². The predicted octanol–water partition coefficient (Wildman–Crippen LogP) is 0.321. The average molecular weight is 376 g/mol. The summed E-state index contributed by atoms with van der Waals surface area (Å²) in [6.45, 7) is 4.37. The summed E-state index contributed by atoms with van der Waals surface area (Å²) in [5, 5.41) is 33.4. The number of hydrogen-bond donors (Lipinski definition) is 5. The molecule has 146 valence electrons. The quantitative estimate of drug-likeness (QED) is 0.486. The Morgan fingerprint density at radius 3 is 2.63 bits per heavy atom. The highest BCUT2D eigenvalue weighted by Gasteiger charge is 2.42. The molecule has 1 saturated heterocycles. The third-order valence-electron chi connectivity index (χ3n) is 5.11. The van der Waals surface area contributed by atoms with Crippen LogP contribution in [0, 0.1) is 6.92 Å². The summed E-state index contributed by atoms with van der Waals surface area (Å²) in [6, 6.07) is 4.51. The van der Waals surface area contributed by atoms with Crippen molar-refractivity contribution in [1.29, 1.82) is 0 Å². The summed E-state index contributed by atoms with van der Waals surface area (Å²) >= 11 is 0. The van der Waals surface area contributed by atoms with Crippen molar-refractivity contribution in [2.45, 2.75) is 51.2 Å². The number of carbonyl (C=O) groups excluding carboxylic acids is 1. The second-order valence-corrected chi connectivity index (χ2v) is 6.98. The Labute approximate surface area is 155 Å². The lowest BCUT2D eigenvalue weighted by molar-refractivity contribution is -0.180. The molecule has 0 radical (unpaired) electrons. The zero-order chi connectivity index (χ0) is 19.9. The van der Waals surface area contributed by atoms with E-state index in [9.17, 15) is 24.9 Å². The number of carbonyl (C=O) groups is 1. The molecule has 1 aromatic carbocycles. The Kier molecular flexibility index (Phi) is 5.34. The van der Waals surface area contributed by atoms with Crippen LogP contribution in [0.2, 0.25) is 0 Å². The second kappa shape index (κ2) is 7.40. The highest BCUT2D eigenvalue weighted by molar-refractivity contribution is 6.07. The van der Waals surface area contributed by atoms with Crippen LogP contribution in [-0.4, -0.2) is 63.2 Å². The number of H-pyrrole nitrogens is 1. The number of aromatic nitrogens is 1. The summed E-state index contributed by atoms with van der Waals surface area (Å²) in [5.41, 5.74) is 1.51. The molecule has 8 heteroatoms. The number of nitrogens with one attached hydrogen (secondary N) is 2. The highest BCUT2D eigenvalue weighted by atomic mass is 16.5. The Bertz CT molecular complexity index is 924. The van der Waals surface area contributed by atoms with Crippen LogP contribution in [0.15, 0.2) is 23.0 Å². The van der Waals surface area contributed by atoms with Crippen molar-refractivity contribution in [3.63, 3.8) is 0 Å². The third kappa shape index (κ3) is 3.49. The molecule has 0 bridgehead atoms. The molecule has 0 saturated carbocycles. The van der Waals surface area contributed by atoms with Crippen LogP contribution in [0.25, 0.3) is 10.9 Å². The summed E-state index contributed by atoms with van der Waals surface area (Å²) in [6.07, 6.45) is -3.69. The Balaban J connectivity index is 1.96. The molecule has 5 unspecified atom stereocenters. The number of aliphatic hydroxyl groups excluding tert-OH is 3. The minimum Gasteiger partial charge on any atom is -0.394 e. The number of ketones is 1. The summed E-state index contributed by atoms with van der Waals surface area (Å²) in [4.78, 5) is 26.8. The topological polar surface area (TPSA) is 132 Å². The first-order valence-corrected chi connectivity index (χ1v) is 8.81. The van der Waals surface area contributed by atoms with E-state index in [2.05, 4.69) is 10.3 Å². The summed E-state index contributed by atoms with van der Waals surface area (Å²) in [7, 11) is 0. The van der Waals surface area contributed by atoms with E-state index in [1.807, 2.05) is 0 Å². The van der Waals surface area contributed by atoms with Gasteiger partial charge in [-0.05, 0) is 32.9 Å². The van der Waals surface area contributed by atoms with Gasteiger partial charge in [0.25, 0.3) is 5.56 Å². The van der Waals surface area contributed by atoms with E-state index >= 15 is 0 Å². The van der Waals surface area contributed by atoms with E-state index in [1.54, 1.807) is 32.0 Å². The zero-order valence-electron chi connectivity index (χ0n) is 15.4. The lowest BCUT2D eigenvalue weighted by atomic mass is 9.93. The lowest BCUT2D eigenvalue weighted by Gasteiger charge is -2.41. The molecule has 1 fully saturated rings. The molecule has 8 nitrogen and oxygen atoms in total. The van der Waals surface area contributed by atoms with Gasteiger partial charge in [0.15, 0.2) is 5.78 Å². The molecule has 2 aromatic rings. The molecule has 5 N–H and O–H groups in total. The molecule has 1 aromatic heterocycles. The van der Waals surface area contributed by atoms with Crippen molar-refractivity contribution in [2.24, 2.45) is 0 Å². The number of pyridine rings is 1. The van der Waals surface area contributed by atoms with E-state index in [-0.39, 0.29) is 17.9 Å². The van der Waals surface area contributed by atoms with Gasteiger partial charge < -0.3 is 30.4 Å². The average Bonchev–Trinajstić information content (AvgIpc) is 2.62. The van der Waals surface area contributed by atoms with Crippen molar-refractivity contribution in [3.8, 4) is 0 Å². The maximum atomic E-state index is 12.1. The van der Waals surface area contributed by atoms with Crippen LogP contribution >= 0.6 is 0 Å². The van der Waals surface area contributed by atoms with Crippen molar-refractivity contribution < 1.29 is 24.9 Å². The fourth-order valence-electron chi connectivity index (χ4n) is 3.64. The van der Waals surface area contributed by atoms with E-state index in [0.717, 1.165) is 0 Å². The largest absolute Gasteiger partial charge is 0.394 e. The van der Waals surface area contributed by atoms with Gasteiger partial charge >= 0.3 is 0 Å². The smallest absolute Gasteiger partial charge is 0.252 e. The molecule has 1 aliphatic heterocycles. The SMILES string of the molecule is CC(=O)c1c(C)c(=O)[nH]c2cc(NC3C(C)OC(CO)C(O)C3O)ccc12. The van der Waals surface area contributed by atoms with Gasteiger partial charge in [-0.25, -0.2) is 0 Å². The van der Waals surface area contributed by atoms with Crippen LogP contribution in [0.1, 0.15) is 29.8 Å². The monoisotopic (exact) mass is 376 g/mol. The van der Waals surface area contributed by atoms with Gasteiger partial charge in [-0.3, -0.25) is 9.59 Å². The molecule has 1 aliphatic rings. The van der Waals surface area contributed by atoms with Crippen molar-refractivity contribution in [1.82, 2.24) is 4.98 Å². The van der Waals surface area contributed by atoms with E-state index in [0.29, 0.717) is 27.7 Å². The number of hydrogen-bond acceptors (Lipinski definition) is 7. The fourth-order valence-corrected chi connectivity index (χ4v) is 3.64. The normalized spacial score (nSPS) is 28.3. The number of aliphatic hydroxyl groups is 3. The molecule has 3 rings (SSSR count). The van der Waals surface area contributed by atoms with Gasteiger partial charge in [0.1, 0.15) is 18.3 Å². The van der Waals surface area contributed by atoms with Gasteiger partial charge in [-0.2, -0.15) is 0 Å². The minimum atomic E-state index is -1.23. The van der Waals surface area contributed by atoms with E-state index < -0.39 is 30.5 Å². The lowest BCUT2D eigenvalue weighted by Crippen LogP contribution is -2.60. The number of fused-ring (bicyclic) bond motifs is 1. The van der Waals surface area contributed by atoms with Crippen LogP contribution in [0.4, 0.5) is 5.69 Å².